The molecular formula is C17H25N3O2. The zero-order chi connectivity index (χ0) is 16.3. The summed E-state index contributed by atoms with van der Waals surface area (Å²) in [5.74, 6) is -0.154. The van der Waals surface area contributed by atoms with Gasteiger partial charge in [0.25, 0.3) is 11.8 Å². The van der Waals surface area contributed by atoms with Gasteiger partial charge in [-0.05, 0) is 46.0 Å². The molecule has 0 radical (unpaired) electrons. The van der Waals surface area contributed by atoms with Crippen LogP contribution >= 0.6 is 0 Å². The lowest BCUT2D eigenvalue weighted by Crippen LogP contribution is -2.47. The number of hydrogen-bond acceptors (Lipinski definition) is 3. The number of carbonyl (C=O) groups excluding carboxylic acids is 2. The van der Waals surface area contributed by atoms with Gasteiger partial charge in [0.05, 0.1) is 0 Å². The van der Waals surface area contributed by atoms with Gasteiger partial charge in [0.1, 0.15) is 0 Å². The van der Waals surface area contributed by atoms with E-state index in [4.69, 9.17) is 0 Å². The van der Waals surface area contributed by atoms with Crippen molar-refractivity contribution in [2.75, 3.05) is 33.2 Å². The van der Waals surface area contributed by atoms with Crippen molar-refractivity contribution in [2.45, 2.75) is 26.3 Å². The SMILES string of the molecule is CN1CCN(C(=O)c2cccc(C(=O)NC(C)(C)C)c2)CC1. The summed E-state index contributed by atoms with van der Waals surface area (Å²) in [7, 11) is 2.05. The molecule has 1 aromatic carbocycles. The van der Waals surface area contributed by atoms with Crippen LogP contribution in [-0.2, 0) is 0 Å². The first-order valence-electron chi connectivity index (χ1n) is 7.67. The topological polar surface area (TPSA) is 52.7 Å². The highest BCUT2D eigenvalue weighted by Crippen LogP contribution is 2.12. The summed E-state index contributed by atoms with van der Waals surface area (Å²) in [5, 5.41) is 2.92. The Morgan fingerprint density at radius 1 is 1.05 bits per heavy atom. The Bertz CT molecular complexity index is 555. The Labute approximate surface area is 132 Å². The maximum atomic E-state index is 12.5. The minimum atomic E-state index is -0.297. The van der Waals surface area contributed by atoms with Crippen LogP contribution in [-0.4, -0.2) is 60.4 Å². The molecule has 0 bridgehead atoms. The molecule has 5 heteroatoms. The van der Waals surface area contributed by atoms with Gasteiger partial charge in [-0.3, -0.25) is 9.59 Å². The lowest BCUT2D eigenvalue weighted by Gasteiger charge is -2.32. The minimum Gasteiger partial charge on any atom is -0.347 e. The average molecular weight is 303 g/mol. The summed E-state index contributed by atoms with van der Waals surface area (Å²) >= 11 is 0. The van der Waals surface area contributed by atoms with Crippen molar-refractivity contribution < 1.29 is 9.59 Å². The van der Waals surface area contributed by atoms with Crippen LogP contribution in [0.1, 0.15) is 41.5 Å². The molecule has 0 spiro atoms. The van der Waals surface area contributed by atoms with Gasteiger partial charge in [0.2, 0.25) is 0 Å². The largest absolute Gasteiger partial charge is 0.347 e. The Kier molecular flexibility index (Phi) is 4.86. The van der Waals surface area contributed by atoms with Gasteiger partial charge in [0.15, 0.2) is 0 Å². The molecular weight excluding hydrogens is 278 g/mol. The minimum absolute atomic E-state index is 0.00138. The van der Waals surface area contributed by atoms with E-state index in [0.29, 0.717) is 11.1 Å². The molecule has 1 heterocycles. The van der Waals surface area contributed by atoms with Crippen molar-refractivity contribution in [3.05, 3.63) is 35.4 Å². The van der Waals surface area contributed by atoms with Crippen LogP contribution in [0.2, 0.25) is 0 Å². The molecule has 0 unspecified atom stereocenters. The second-order valence-corrected chi connectivity index (χ2v) is 6.88. The molecule has 1 aliphatic heterocycles. The fourth-order valence-electron chi connectivity index (χ4n) is 2.40. The molecule has 1 aliphatic rings. The van der Waals surface area contributed by atoms with Crippen LogP contribution in [0.3, 0.4) is 0 Å². The van der Waals surface area contributed by atoms with Crippen molar-refractivity contribution in [1.82, 2.24) is 15.1 Å². The third-order valence-corrected chi connectivity index (χ3v) is 3.65. The summed E-state index contributed by atoms with van der Waals surface area (Å²) in [4.78, 5) is 28.8. The molecule has 0 aliphatic carbocycles. The Hall–Kier alpha value is -1.88. The summed E-state index contributed by atoms with van der Waals surface area (Å²) in [5.41, 5.74) is 0.801. The molecule has 0 atom stereocenters. The smallest absolute Gasteiger partial charge is 0.253 e. The van der Waals surface area contributed by atoms with Crippen molar-refractivity contribution in [3.8, 4) is 0 Å². The van der Waals surface area contributed by atoms with E-state index in [9.17, 15) is 9.59 Å². The molecule has 22 heavy (non-hydrogen) atoms. The van der Waals surface area contributed by atoms with Gasteiger partial charge in [-0.25, -0.2) is 0 Å². The van der Waals surface area contributed by atoms with E-state index in [1.807, 2.05) is 25.7 Å². The van der Waals surface area contributed by atoms with E-state index < -0.39 is 0 Å². The van der Waals surface area contributed by atoms with Gasteiger partial charge >= 0.3 is 0 Å². The lowest BCUT2D eigenvalue weighted by molar-refractivity contribution is 0.0664. The first kappa shape index (κ1) is 16.5. The number of carbonyl (C=O) groups is 2. The molecule has 1 saturated heterocycles. The van der Waals surface area contributed by atoms with Crippen molar-refractivity contribution in [2.24, 2.45) is 0 Å². The number of hydrogen-bond donors (Lipinski definition) is 1. The number of rotatable bonds is 2. The molecule has 1 aromatic rings. The summed E-state index contributed by atoms with van der Waals surface area (Å²) in [6.45, 7) is 9.03. The summed E-state index contributed by atoms with van der Waals surface area (Å²) < 4.78 is 0. The quantitative estimate of drug-likeness (QED) is 0.903. The van der Waals surface area contributed by atoms with E-state index in [1.54, 1.807) is 24.3 Å². The van der Waals surface area contributed by atoms with Gasteiger partial charge in [0, 0.05) is 42.8 Å². The van der Waals surface area contributed by atoms with Crippen molar-refractivity contribution >= 4 is 11.8 Å². The van der Waals surface area contributed by atoms with Gasteiger partial charge < -0.3 is 15.1 Å². The van der Waals surface area contributed by atoms with E-state index in [-0.39, 0.29) is 17.4 Å². The average Bonchev–Trinajstić information content (AvgIpc) is 2.46. The predicted molar refractivity (Wildman–Crippen MR) is 87.1 cm³/mol. The fraction of sp³-hybridized carbons (Fsp3) is 0.529. The number of piperazine rings is 1. The third kappa shape index (κ3) is 4.31. The molecule has 5 nitrogen and oxygen atoms in total. The van der Waals surface area contributed by atoms with Crippen LogP contribution in [0.25, 0.3) is 0 Å². The Balaban J connectivity index is 2.11. The molecule has 0 aromatic heterocycles. The Morgan fingerprint density at radius 2 is 1.64 bits per heavy atom. The molecule has 2 amide bonds. The van der Waals surface area contributed by atoms with E-state index in [0.717, 1.165) is 26.2 Å². The van der Waals surface area contributed by atoms with Gasteiger partial charge in [-0.2, -0.15) is 0 Å². The number of nitrogens with one attached hydrogen (secondary N) is 1. The maximum Gasteiger partial charge on any atom is 0.253 e. The van der Waals surface area contributed by atoms with Crippen molar-refractivity contribution in [3.63, 3.8) is 0 Å². The van der Waals surface area contributed by atoms with Crippen LogP contribution in [0.4, 0.5) is 0 Å². The molecule has 1 N–H and O–H groups in total. The lowest BCUT2D eigenvalue weighted by atomic mass is 10.1. The van der Waals surface area contributed by atoms with Crippen LogP contribution in [0.5, 0.6) is 0 Å². The molecule has 2 rings (SSSR count). The first-order valence-corrected chi connectivity index (χ1v) is 7.67. The summed E-state index contributed by atoms with van der Waals surface area (Å²) in [6.07, 6.45) is 0. The second-order valence-electron chi connectivity index (χ2n) is 6.88. The van der Waals surface area contributed by atoms with E-state index in [1.165, 1.54) is 0 Å². The zero-order valence-corrected chi connectivity index (χ0v) is 13.8. The van der Waals surface area contributed by atoms with Crippen molar-refractivity contribution in [1.29, 1.82) is 0 Å². The number of nitrogens with zero attached hydrogens (tertiary/aromatic N) is 2. The number of benzene rings is 1. The van der Waals surface area contributed by atoms with Gasteiger partial charge in [-0.1, -0.05) is 6.07 Å². The number of amides is 2. The Morgan fingerprint density at radius 3 is 2.23 bits per heavy atom. The normalized spacial score (nSPS) is 16.5. The highest BCUT2D eigenvalue weighted by molar-refractivity contribution is 5.99. The second kappa shape index (κ2) is 6.48. The molecule has 1 fully saturated rings. The molecule has 0 saturated carbocycles. The fourth-order valence-corrected chi connectivity index (χ4v) is 2.40. The zero-order valence-electron chi connectivity index (χ0n) is 13.8. The van der Waals surface area contributed by atoms with Crippen LogP contribution < -0.4 is 5.32 Å². The van der Waals surface area contributed by atoms with Crippen LogP contribution in [0, 0.1) is 0 Å². The third-order valence-electron chi connectivity index (χ3n) is 3.65. The standard InChI is InChI=1S/C17H25N3O2/c1-17(2,3)18-15(21)13-6-5-7-14(12-13)16(22)20-10-8-19(4)9-11-20/h5-7,12H,8-11H2,1-4H3,(H,18,21). The maximum absolute atomic E-state index is 12.5. The number of likely N-dealkylation sites (N-methyl/N-ethyl adjacent to an activating group) is 1. The monoisotopic (exact) mass is 303 g/mol. The summed E-state index contributed by atoms with van der Waals surface area (Å²) in [6, 6.07) is 6.96. The van der Waals surface area contributed by atoms with E-state index >= 15 is 0 Å². The highest BCUT2D eigenvalue weighted by Gasteiger charge is 2.21. The highest BCUT2D eigenvalue weighted by atomic mass is 16.2. The molecule has 120 valence electrons. The predicted octanol–water partition coefficient (Wildman–Crippen LogP) is 1.60. The van der Waals surface area contributed by atoms with E-state index in [2.05, 4.69) is 17.3 Å². The van der Waals surface area contributed by atoms with Crippen LogP contribution in [0.15, 0.2) is 24.3 Å². The van der Waals surface area contributed by atoms with Gasteiger partial charge in [-0.15, -0.1) is 0 Å². The first-order chi connectivity index (χ1) is 10.3.